The fourth-order valence-electron chi connectivity index (χ4n) is 2.04. The van der Waals surface area contributed by atoms with Crippen LogP contribution in [0.15, 0.2) is 17.3 Å². The first-order chi connectivity index (χ1) is 6.59. The van der Waals surface area contributed by atoms with Crippen molar-refractivity contribution in [1.29, 1.82) is 0 Å². The SMILES string of the molecule is CN1CCN(C2=NC=CC2(C)C)CC1. The summed E-state index contributed by atoms with van der Waals surface area (Å²) in [6.07, 6.45) is 4.12. The lowest BCUT2D eigenvalue weighted by molar-refractivity contribution is 0.208. The van der Waals surface area contributed by atoms with Crippen molar-refractivity contribution < 1.29 is 0 Å². The average Bonchev–Trinajstić information content (AvgIpc) is 2.47. The van der Waals surface area contributed by atoms with E-state index in [0.717, 1.165) is 26.2 Å². The normalized spacial score (nSPS) is 26.8. The minimum atomic E-state index is 0.135. The molecule has 0 aromatic carbocycles. The molecule has 2 aliphatic rings. The molecule has 1 fully saturated rings. The van der Waals surface area contributed by atoms with Gasteiger partial charge < -0.3 is 9.80 Å². The number of likely N-dealkylation sites (N-methyl/N-ethyl adjacent to an activating group) is 1. The van der Waals surface area contributed by atoms with Gasteiger partial charge in [-0.3, -0.25) is 0 Å². The number of rotatable bonds is 0. The molecule has 0 bridgehead atoms. The van der Waals surface area contributed by atoms with Crippen molar-refractivity contribution in [2.24, 2.45) is 10.4 Å². The molecule has 2 aliphatic heterocycles. The molecule has 0 unspecified atom stereocenters. The third kappa shape index (κ3) is 1.69. The second-order valence-electron chi connectivity index (χ2n) is 4.78. The van der Waals surface area contributed by atoms with Crippen LogP contribution in [0.1, 0.15) is 13.8 Å². The molecule has 0 spiro atoms. The van der Waals surface area contributed by atoms with Gasteiger partial charge in [-0.25, -0.2) is 4.99 Å². The topological polar surface area (TPSA) is 18.8 Å². The first-order valence-electron chi connectivity index (χ1n) is 5.29. The Hall–Kier alpha value is -0.830. The molecule has 0 aliphatic carbocycles. The van der Waals surface area contributed by atoms with Gasteiger partial charge in [0.25, 0.3) is 0 Å². The van der Waals surface area contributed by atoms with E-state index in [1.165, 1.54) is 5.84 Å². The number of piperazine rings is 1. The Morgan fingerprint density at radius 1 is 1.21 bits per heavy atom. The van der Waals surface area contributed by atoms with E-state index in [2.05, 4.69) is 41.8 Å². The Bertz CT molecular complexity index is 270. The van der Waals surface area contributed by atoms with Crippen LogP contribution in [-0.2, 0) is 0 Å². The Morgan fingerprint density at radius 2 is 1.86 bits per heavy atom. The Labute approximate surface area is 86.1 Å². The Balaban J connectivity index is 2.04. The molecule has 0 aromatic heterocycles. The third-order valence-corrected chi connectivity index (χ3v) is 3.07. The van der Waals surface area contributed by atoms with Crippen molar-refractivity contribution in [1.82, 2.24) is 9.80 Å². The van der Waals surface area contributed by atoms with E-state index in [-0.39, 0.29) is 5.41 Å². The van der Waals surface area contributed by atoms with Gasteiger partial charge in [-0.05, 0) is 20.9 Å². The zero-order chi connectivity index (χ0) is 10.2. The maximum absolute atomic E-state index is 4.48. The molecule has 2 heterocycles. The van der Waals surface area contributed by atoms with E-state index < -0.39 is 0 Å². The molecule has 0 radical (unpaired) electrons. The third-order valence-electron chi connectivity index (χ3n) is 3.07. The van der Waals surface area contributed by atoms with E-state index in [0.29, 0.717) is 0 Å². The highest BCUT2D eigenvalue weighted by Gasteiger charge is 2.30. The monoisotopic (exact) mass is 193 g/mol. The summed E-state index contributed by atoms with van der Waals surface area (Å²) in [5, 5.41) is 0. The second kappa shape index (κ2) is 3.39. The molecular formula is C11H19N3. The van der Waals surface area contributed by atoms with E-state index >= 15 is 0 Å². The summed E-state index contributed by atoms with van der Waals surface area (Å²) in [5.74, 6) is 1.24. The molecular weight excluding hydrogens is 174 g/mol. The predicted octanol–water partition coefficient (Wildman–Crippen LogP) is 1.19. The van der Waals surface area contributed by atoms with Crippen LogP contribution in [0.3, 0.4) is 0 Å². The van der Waals surface area contributed by atoms with Gasteiger partial charge in [-0.15, -0.1) is 0 Å². The van der Waals surface area contributed by atoms with Gasteiger partial charge in [-0.1, -0.05) is 6.08 Å². The van der Waals surface area contributed by atoms with E-state index in [4.69, 9.17) is 0 Å². The van der Waals surface area contributed by atoms with Crippen molar-refractivity contribution in [2.75, 3.05) is 33.2 Å². The van der Waals surface area contributed by atoms with E-state index in [1.807, 2.05) is 6.20 Å². The summed E-state index contributed by atoms with van der Waals surface area (Å²) >= 11 is 0. The molecule has 14 heavy (non-hydrogen) atoms. The smallest absolute Gasteiger partial charge is 0.114 e. The van der Waals surface area contributed by atoms with E-state index in [9.17, 15) is 0 Å². The Morgan fingerprint density at radius 3 is 2.36 bits per heavy atom. The summed E-state index contributed by atoms with van der Waals surface area (Å²) in [6, 6.07) is 0. The standard InChI is InChI=1S/C11H19N3/c1-11(2)4-5-12-10(11)14-8-6-13(3)7-9-14/h4-5H,6-9H2,1-3H3. The quantitative estimate of drug-likeness (QED) is 0.575. The zero-order valence-corrected chi connectivity index (χ0v) is 9.32. The second-order valence-corrected chi connectivity index (χ2v) is 4.78. The van der Waals surface area contributed by atoms with Gasteiger partial charge in [-0.2, -0.15) is 0 Å². The summed E-state index contributed by atoms with van der Waals surface area (Å²) < 4.78 is 0. The molecule has 0 aromatic rings. The van der Waals surface area contributed by atoms with Crippen molar-refractivity contribution in [3.8, 4) is 0 Å². The summed E-state index contributed by atoms with van der Waals surface area (Å²) in [4.78, 5) is 9.26. The van der Waals surface area contributed by atoms with Crippen molar-refractivity contribution in [3.05, 3.63) is 12.3 Å². The lowest BCUT2D eigenvalue weighted by atomic mass is 9.92. The van der Waals surface area contributed by atoms with Gasteiger partial charge in [0.15, 0.2) is 0 Å². The summed E-state index contributed by atoms with van der Waals surface area (Å²) in [6.45, 7) is 8.98. The summed E-state index contributed by atoms with van der Waals surface area (Å²) in [5.41, 5.74) is 0.135. The minimum Gasteiger partial charge on any atom is -0.357 e. The first kappa shape index (κ1) is 9.71. The van der Waals surface area contributed by atoms with Crippen molar-refractivity contribution >= 4 is 5.84 Å². The van der Waals surface area contributed by atoms with Crippen LogP contribution in [-0.4, -0.2) is 48.9 Å². The molecule has 3 nitrogen and oxygen atoms in total. The van der Waals surface area contributed by atoms with Gasteiger partial charge in [0.1, 0.15) is 5.84 Å². The fraction of sp³-hybridized carbons (Fsp3) is 0.727. The van der Waals surface area contributed by atoms with Gasteiger partial charge in [0, 0.05) is 37.8 Å². The lowest BCUT2D eigenvalue weighted by Gasteiger charge is -2.37. The van der Waals surface area contributed by atoms with Crippen LogP contribution in [0.2, 0.25) is 0 Å². The molecule has 0 atom stereocenters. The number of nitrogens with zero attached hydrogens (tertiary/aromatic N) is 3. The van der Waals surface area contributed by atoms with Gasteiger partial charge >= 0.3 is 0 Å². The van der Waals surface area contributed by atoms with Crippen LogP contribution >= 0.6 is 0 Å². The molecule has 0 amide bonds. The van der Waals surface area contributed by atoms with Gasteiger partial charge in [0.05, 0.1) is 0 Å². The molecule has 0 N–H and O–H groups in total. The highest BCUT2D eigenvalue weighted by atomic mass is 15.3. The predicted molar refractivity (Wildman–Crippen MR) is 59.4 cm³/mol. The molecule has 1 saturated heterocycles. The lowest BCUT2D eigenvalue weighted by Crippen LogP contribution is -2.50. The zero-order valence-electron chi connectivity index (χ0n) is 9.32. The molecule has 3 heteroatoms. The number of hydrogen-bond acceptors (Lipinski definition) is 3. The Kier molecular flexibility index (Phi) is 2.35. The van der Waals surface area contributed by atoms with E-state index in [1.54, 1.807) is 0 Å². The number of amidine groups is 1. The highest BCUT2D eigenvalue weighted by molar-refractivity contribution is 5.91. The highest BCUT2D eigenvalue weighted by Crippen LogP contribution is 2.27. The van der Waals surface area contributed by atoms with Crippen LogP contribution in [0.25, 0.3) is 0 Å². The average molecular weight is 193 g/mol. The van der Waals surface area contributed by atoms with Crippen LogP contribution < -0.4 is 0 Å². The van der Waals surface area contributed by atoms with Crippen LogP contribution in [0.4, 0.5) is 0 Å². The first-order valence-corrected chi connectivity index (χ1v) is 5.29. The minimum absolute atomic E-state index is 0.135. The molecule has 0 saturated carbocycles. The number of hydrogen-bond donors (Lipinski definition) is 0. The summed E-state index contributed by atoms with van der Waals surface area (Å²) in [7, 11) is 2.18. The van der Waals surface area contributed by atoms with Crippen molar-refractivity contribution in [2.45, 2.75) is 13.8 Å². The largest absolute Gasteiger partial charge is 0.357 e. The number of aliphatic imine (C=N–C) groups is 1. The fourth-order valence-corrected chi connectivity index (χ4v) is 2.04. The van der Waals surface area contributed by atoms with Crippen LogP contribution in [0.5, 0.6) is 0 Å². The maximum atomic E-state index is 4.48. The molecule has 2 rings (SSSR count). The van der Waals surface area contributed by atoms with Crippen LogP contribution in [0, 0.1) is 5.41 Å². The van der Waals surface area contributed by atoms with Gasteiger partial charge in [0.2, 0.25) is 0 Å². The van der Waals surface area contributed by atoms with Crippen molar-refractivity contribution in [3.63, 3.8) is 0 Å². The molecule has 78 valence electrons. The maximum Gasteiger partial charge on any atom is 0.114 e.